The second-order valence-corrected chi connectivity index (χ2v) is 7.89. The van der Waals surface area contributed by atoms with Gasteiger partial charge in [-0.2, -0.15) is 0 Å². The molecule has 2 heterocycles. The number of ether oxygens (including phenoxy) is 1. The summed E-state index contributed by atoms with van der Waals surface area (Å²) < 4.78 is 5.57. The van der Waals surface area contributed by atoms with Crippen molar-refractivity contribution in [1.82, 2.24) is 5.32 Å². The maximum atomic E-state index is 12.5. The maximum Gasteiger partial charge on any atom is 0.290 e. The molecule has 1 saturated heterocycles. The van der Waals surface area contributed by atoms with Crippen LogP contribution >= 0.6 is 11.8 Å². The van der Waals surface area contributed by atoms with Crippen molar-refractivity contribution in [2.75, 3.05) is 18.1 Å². The number of carbonyl (C=O) groups excluding carboxylic acids is 3. The number of carbonyl (C=O) groups is 3. The Morgan fingerprint density at radius 1 is 1.19 bits per heavy atom. The Balaban J connectivity index is 1.61. The molecule has 3 amide bonds. The quantitative estimate of drug-likeness (QED) is 0.824. The van der Waals surface area contributed by atoms with E-state index in [1.807, 2.05) is 23.1 Å². The summed E-state index contributed by atoms with van der Waals surface area (Å²) in [6.07, 6.45) is 7.71. The number of nitrogens with one attached hydrogen (secondary N) is 1. The molecule has 2 aliphatic heterocycles. The van der Waals surface area contributed by atoms with Crippen molar-refractivity contribution in [2.24, 2.45) is 5.92 Å². The van der Waals surface area contributed by atoms with Gasteiger partial charge in [0.2, 0.25) is 0 Å². The molecule has 4 rings (SSSR count). The third-order valence-corrected chi connectivity index (χ3v) is 5.84. The maximum absolute atomic E-state index is 12.5. The van der Waals surface area contributed by atoms with E-state index in [2.05, 4.69) is 5.32 Å². The Morgan fingerprint density at radius 2 is 2.00 bits per heavy atom. The molecule has 26 heavy (non-hydrogen) atoms. The van der Waals surface area contributed by atoms with E-state index in [1.54, 1.807) is 6.08 Å². The Morgan fingerprint density at radius 3 is 2.73 bits per heavy atom. The Kier molecular flexibility index (Phi) is 4.72. The number of hydrogen-bond acceptors (Lipinski definition) is 5. The predicted molar refractivity (Wildman–Crippen MR) is 100.0 cm³/mol. The minimum absolute atomic E-state index is 0.0314. The fourth-order valence-electron chi connectivity index (χ4n) is 3.71. The molecule has 0 aromatic heterocycles. The normalized spacial score (nSPS) is 22.4. The molecule has 6 nitrogen and oxygen atoms in total. The molecule has 3 aliphatic rings. The molecule has 0 spiro atoms. The van der Waals surface area contributed by atoms with E-state index in [0.717, 1.165) is 35.9 Å². The van der Waals surface area contributed by atoms with Gasteiger partial charge in [-0.1, -0.05) is 25.3 Å². The number of anilines is 1. The molecular formula is C19H20N2O4S. The summed E-state index contributed by atoms with van der Waals surface area (Å²) >= 11 is 0.885. The Labute approximate surface area is 155 Å². The van der Waals surface area contributed by atoms with Gasteiger partial charge in [0.15, 0.2) is 6.61 Å². The van der Waals surface area contributed by atoms with Crippen LogP contribution in [0, 0.1) is 5.92 Å². The van der Waals surface area contributed by atoms with Gasteiger partial charge in [-0.15, -0.1) is 0 Å². The lowest BCUT2D eigenvalue weighted by atomic mass is 9.88. The monoisotopic (exact) mass is 372 g/mol. The van der Waals surface area contributed by atoms with E-state index in [1.165, 1.54) is 19.3 Å². The third kappa shape index (κ3) is 3.49. The number of thioether (sulfide) groups is 1. The number of amides is 3. The molecule has 0 unspecified atom stereocenters. The first-order valence-corrected chi connectivity index (χ1v) is 9.74. The van der Waals surface area contributed by atoms with E-state index in [9.17, 15) is 14.4 Å². The van der Waals surface area contributed by atoms with Crippen LogP contribution in [0.1, 0.15) is 37.7 Å². The molecule has 0 radical (unpaired) electrons. The number of benzene rings is 1. The zero-order valence-electron chi connectivity index (χ0n) is 14.3. The molecule has 1 N–H and O–H groups in total. The van der Waals surface area contributed by atoms with Crippen molar-refractivity contribution in [2.45, 2.75) is 32.1 Å². The van der Waals surface area contributed by atoms with Crippen LogP contribution in [0.4, 0.5) is 10.5 Å². The van der Waals surface area contributed by atoms with Gasteiger partial charge in [0.1, 0.15) is 5.75 Å². The van der Waals surface area contributed by atoms with E-state index in [-0.39, 0.29) is 23.7 Å². The predicted octanol–water partition coefficient (Wildman–Crippen LogP) is 3.32. The standard InChI is InChI=1S/C19H20N2O4S/c22-17-11-25-15-7-6-13(9-16-18(23)20-19(24)26-16)8-14(15)21(17)10-12-4-2-1-3-5-12/h6-9,12H,1-5,10-11H2,(H,20,23,24)/b16-9-. The summed E-state index contributed by atoms with van der Waals surface area (Å²) in [5, 5.41) is 1.88. The average molecular weight is 372 g/mol. The molecule has 1 aliphatic carbocycles. The van der Waals surface area contributed by atoms with Crippen molar-refractivity contribution in [3.05, 3.63) is 28.7 Å². The van der Waals surface area contributed by atoms with Gasteiger partial charge in [0, 0.05) is 6.54 Å². The summed E-state index contributed by atoms with van der Waals surface area (Å²) in [4.78, 5) is 37.7. The van der Waals surface area contributed by atoms with Gasteiger partial charge in [-0.3, -0.25) is 19.7 Å². The molecule has 0 bridgehead atoms. The second kappa shape index (κ2) is 7.15. The number of nitrogens with zero attached hydrogens (tertiary/aromatic N) is 1. The lowest BCUT2D eigenvalue weighted by molar-refractivity contribution is -0.121. The highest BCUT2D eigenvalue weighted by Gasteiger charge is 2.29. The molecule has 2 fully saturated rings. The van der Waals surface area contributed by atoms with Gasteiger partial charge < -0.3 is 9.64 Å². The SMILES string of the molecule is O=C1NC(=O)/C(=C/c2ccc3c(c2)N(CC2CCCCC2)C(=O)CO3)S1. The first kappa shape index (κ1) is 17.1. The van der Waals surface area contributed by atoms with Crippen LogP contribution in [-0.4, -0.2) is 30.2 Å². The highest BCUT2D eigenvalue weighted by atomic mass is 32.2. The van der Waals surface area contributed by atoms with E-state index >= 15 is 0 Å². The van der Waals surface area contributed by atoms with E-state index in [4.69, 9.17) is 4.74 Å². The number of imide groups is 1. The highest BCUT2D eigenvalue weighted by Crippen LogP contribution is 2.36. The smallest absolute Gasteiger partial charge is 0.290 e. The molecule has 0 atom stereocenters. The van der Waals surface area contributed by atoms with E-state index in [0.29, 0.717) is 23.1 Å². The zero-order valence-corrected chi connectivity index (χ0v) is 15.1. The second-order valence-electron chi connectivity index (χ2n) is 6.88. The Bertz CT molecular complexity index is 799. The van der Waals surface area contributed by atoms with Crippen molar-refractivity contribution in [1.29, 1.82) is 0 Å². The number of rotatable bonds is 3. The van der Waals surface area contributed by atoms with E-state index < -0.39 is 0 Å². The molecule has 7 heteroatoms. The van der Waals surface area contributed by atoms with Crippen LogP contribution in [0.2, 0.25) is 0 Å². The number of fused-ring (bicyclic) bond motifs is 1. The summed E-state index contributed by atoms with van der Waals surface area (Å²) in [6.45, 7) is 0.774. The molecular weight excluding hydrogens is 352 g/mol. The van der Waals surface area contributed by atoms with Crippen molar-refractivity contribution in [3.63, 3.8) is 0 Å². The third-order valence-electron chi connectivity index (χ3n) is 5.03. The van der Waals surface area contributed by atoms with Gasteiger partial charge in [-0.25, -0.2) is 0 Å². The first-order chi connectivity index (χ1) is 12.6. The highest BCUT2D eigenvalue weighted by molar-refractivity contribution is 8.18. The van der Waals surface area contributed by atoms with Crippen LogP contribution in [0.3, 0.4) is 0 Å². The molecule has 1 aromatic carbocycles. The van der Waals surface area contributed by atoms with Crippen molar-refractivity contribution < 1.29 is 19.1 Å². The van der Waals surface area contributed by atoms with Crippen LogP contribution in [0.25, 0.3) is 6.08 Å². The van der Waals surface area contributed by atoms with Crippen LogP contribution in [-0.2, 0) is 9.59 Å². The minimum Gasteiger partial charge on any atom is -0.482 e. The zero-order chi connectivity index (χ0) is 18.1. The fourth-order valence-corrected chi connectivity index (χ4v) is 4.39. The molecule has 136 valence electrons. The first-order valence-electron chi connectivity index (χ1n) is 8.92. The van der Waals surface area contributed by atoms with Gasteiger partial charge >= 0.3 is 0 Å². The fraction of sp³-hybridized carbons (Fsp3) is 0.421. The summed E-state index contributed by atoms with van der Waals surface area (Å²) in [5.74, 6) is 0.789. The lowest BCUT2D eigenvalue weighted by Gasteiger charge is -2.33. The summed E-state index contributed by atoms with van der Waals surface area (Å²) in [5.41, 5.74) is 1.51. The average Bonchev–Trinajstić information content (AvgIpc) is 2.95. The Hall–Kier alpha value is -2.28. The van der Waals surface area contributed by atoms with Gasteiger partial charge in [0.25, 0.3) is 17.1 Å². The largest absolute Gasteiger partial charge is 0.482 e. The number of hydrogen-bond donors (Lipinski definition) is 1. The summed E-state index contributed by atoms with van der Waals surface area (Å²) in [6, 6.07) is 5.51. The van der Waals surface area contributed by atoms with Crippen molar-refractivity contribution >= 4 is 40.6 Å². The van der Waals surface area contributed by atoms with Crippen molar-refractivity contribution in [3.8, 4) is 5.75 Å². The lowest BCUT2D eigenvalue weighted by Crippen LogP contribution is -2.42. The van der Waals surface area contributed by atoms with Crippen LogP contribution in [0.15, 0.2) is 23.1 Å². The van der Waals surface area contributed by atoms with Gasteiger partial charge in [-0.05, 0) is 54.3 Å². The topological polar surface area (TPSA) is 75.7 Å². The molecule has 1 saturated carbocycles. The van der Waals surface area contributed by atoms with Crippen LogP contribution < -0.4 is 15.0 Å². The summed E-state index contributed by atoms with van der Waals surface area (Å²) in [7, 11) is 0. The van der Waals surface area contributed by atoms with Gasteiger partial charge in [0.05, 0.1) is 10.6 Å². The minimum atomic E-state index is -0.385. The van der Waals surface area contributed by atoms with Crippen LogP contribution in [0.5, 0.6) is 5.75 Å². The molecule has 1 aromatic rings.